The van der Waals surface area contributed by atoms with Crippen LogP contribution >= 0.6 is 9.90 Å². The van der Waals surface area contributed by atoms with Crippen molar-refractivity contribution < 1.29 is 5.11 Å². The van der Waals surface area contributed by atoms with Gasteiger partial charge in [-0.3, -0.25) is 0 Å². The molecule has 0 bridgehead atoms. The minimum Gasteiger partial charge on any atom is -0.507 e. The minimum atomic E-state index is 0. The molecule has 62 valence electrons. The van der Waals surface area contributed by atoms with E-state index in [1.54, 1.807) is 0 Å². The predicted octanol–water partition coefficient (Wildman–Crippen LogP) is 2.38. The summed E-state index contributed by atoms with van der Waals surface area (Å²) in [6, 6.07) is 3.95. The first-order valence-corrected chi connectivity index (χ1v) is 3.38. The number of phenolic OH excluding ortho intramolecular Hbond substituents is 1. The van der Waals surface area contributed by atoms with E-state index < -0.39 is 0 Å². The number of rotatable bonds is 0. The summed E-state index contributed by atoms with van der Waals surface area (Å²) in [5.41, 5.74) is 3.11. The van der Waals surface area contributed by atoms with Crippen LogP contribution in [0.1, 0.15) is 16.7 Å². The Bertz CT molecular complexity index is 233. The van der Waals surface area contributed by atoms with Gasteiger partial charge in [0.2, 0.25) is 0 Å². The molecule has 1 aromatic rings. The SMILES string of the molecule is Cc1cc(C)c(O)c(C)c1.P. The molecule has 0 saturated heterocycles. The van der Waals surface area contributed by atoms with Gasteiger partial charge in [0.15, 0.2) is 0 Å². The number of benzene rings is 1. The van der Waals surface area contributed by atoms with Gasteiger partial charge in [-0.05, 0) is 31.9 Å². The van der Waals surface area contributed by atoms with E-state index in [1.165, 1.54) is 5.56 Å². The highest BCUT2D eigenvalue weighted by Gasteiger charge is 1.98. The fourth-order valence-electron chi connectivity index (χ4n) is 1.17. The van der Waals surface area contributed by atoms with Crippen LogP contribution < -0.4 is 0 Å². The third kappa shape index (κ3) is 2.20. The minimum absolute atomic E-state index is 0. The number of hydrogen-bond donors (Lipinski definition) is 1. The lowest BCUT2D eigenvalue weighted by molar-refractivity contribution is 0.466. The van der Waals surface area contributed by atoms with Crippen LogP contribution in [0.4, 0.5) is 0 Å². The quantitative estimate of drug-likeness (QED) is 0.592. The van der Waals surface area contributed by atoms with Gasteiger partial charge in [-0.15, -0.1) is 0 Å². The van der Waals surface area contributed by atoms with Crippen LogP contribution in [0.5, 0.6) is 5.75 Å². The number of phenols is 1. The summed E-state index contributed by atoms with van der Waals surface area (Å²) in [4.78, 5) is 0. The maximum atomic E-state index is 9.33. The van der Waals surface area contributed by atoms with Crippen LogP contribution in [-0.2, 0) is 0 Å². The number of aryl methyl sites for hydroxylation is 3. The average molecular weight is 170 g/mol. The van der Waals surface area contributed by atoms with Crippen LogP contribution in [-0.4, -0.2) is 5.11 Å². The zero-order valence-corrected chi connectivity index (χ0v) is 8.72. The molecule has 1 unspecified atom stereocenters. The molecule has 2 heteroatoms. The first kappa shape index (κ1) is 10.4. The second-order valence-corrected chi connectivity index (χ2v) is 2.75. The second-order valence-electron chi connectivity index (χ2n) is 2.75. The van der Waals surface area contributed by atoms with Gasteiger partial charge >= 0.3 is 0 Å². The largest absolute Gasteiger partial charge is 0.507 e. The molecular formula is C9H15OP. The van der Waals surface area contributed by atoms with E-state index in [0.717, 1.165) is 11.1 Å². The van der Waals surface area contributed by atoms with Crippen LogP contribution in [0.25, 0.3) is 0 Å². The molecule has 1 N–H and O–H groups in total. The summed E-state index contributed by atoms with van der Waals surface area (Å²) in [7, 11) is 0. The normalized spacial score (nSPS) is 9.00. The average Bonchev–Trinajstić information content (AvgIpc) is 1.82. The maximum absolute atomic E-state index is 9.33. The van der Waals surface area contributed by atoms with Crippen LogP contribution in [0.2, 0.25) is 0 Å². The van der Waals surface area contributed by atoms with Crippen molar-refractivity contribution in [1.29, 1.82) is 0 Å². The number of aromatic hydroxyl groups is 1. The highest BCUT2D eigenvalue weighted by Crippen LogP contribution is 2.21. The molecule has 0 fully saturated rings. The molecule has 11 heavy (non-hydrogen) atoms. The van der Waals surface area contributed by atoms with Crippen molar-refractivity contribution in [2.24, 2.45) is 0 Å². The van der Waals surface area contributed by atoms with Crippen LogP contribution in [0.3, 0.4) is 0 Å². The van der Waals surface area contributed by atoms with Crippen molar-refractivity contribution in [3.63, 3.8) is 0 Å². The third-order valence-electron chi connectivity index (χ3n) is 1.64. The van der Waals surface area contributed by atoms with E-state index in [0.29, 0.717) is 5.75 Å². The van der Waals surface area contributed by atoms with E-state index >= 15 is 0 Å². The Balaban J connectivity index is 0.000001000. The summed E-state index contributed by atoms with van der Waals surface area (Å²) in [6.07, 6.45) is 0. The van der Waals surface area contributed by atoms with Crippen molar-refractivity contribution in [2.45, 2.75) is 20.8 Å². The zero-order valence-electron chi connectivity index (χ0n) is 7.31. The second kappa shape index (κ2) is 3.73. The van der Waals surface area contributed by atoms with E-state index in [9.17, 15) is 5.11 Å². The van der Waals surface area contributed by atoms with Gasteiger partial charge < -0.3 is 5.11 Å². The molecule has 1 atom stereocenters. The van der Waals surface area contributed by atoms with Crippen molar-refractivity contribution in [2.75, 3.05) is 0 Å². The molecule has 0 saturated carbocycles. The van der Waals surface area contributed by atoms with E-state index in [-0.39, 0.29) is 9.90 Å². The summed E-state index contributed by atoms with van der Waals surface area (Å²) in [5.74, 6) is 0.422. The standard InChI is InChI=1S/C9H12O.H3P/c1-6-4-7(2)9(10)8(3)5-6;/h4-5,10H,1-3H3;1H3. The molecule has 1 rings (SSSR count). The summed E-state index contributed by atoms with van der Waals surface area (Å²) >= 11 is 0. The first-order chi connectivity index (χ1) is 4.61. The fourth-order valence-corrected chi connectivity index (χ4v) is 1.17. The molecule has 0 aliphatic heterocycles. The summed E-state index contributed by atoms with van der Waals surface area (Å²) in [5, 5.41) is 9.33. The highest BCUT2D eigenvalue weighted by atomic mass is 31.0. The van der Waals surface area contributed by atoms with E-state index in [2.05, 4.69) is 0 Å². The molecule has 0 aromatic heterocycles. The Morgan fingerprint density at radius 1 is 1.00 bits per heavy atom. The first-order valence-electron chi connectivity index (χ1n) is 3.38. The highest BCUT2D eigenvalue weighted by molar-refractivity contribution is 6.92. The molecule has 0 amide bonds. The van der Waals surface area contributed by atoms with Gasteiger partial charge in [0, 0.05) is 0 Å². The van der Waals surface area contributed by atoms with Crippen molar-refractivity contribution in [1.82, 2.24) is 0 Å². The molecule has 1 aromatic carbocycles. The summed E-state index contributed by atoms with van der Waals surface area (Å²) in [6.45, 7) is 5.85. The molecule has 0 spiro atoms. The van der Waals surface area contributed by atoms with Crippen molar-refractivity contribution in [3.8, 4) is 5.75 Å². The van der Waals surface area contributed by atoms with Gasteiger partial charge in [0.1, 0.15) is 5.75 Å². The summed E-state index contributed by atoms with van der Waals surface area (Å²) < 4.78 is 0. The topological polar surface area (TPSA) is 20.2 Å². The zero-order chi connectivity index (χ0) is 7.72. The lowest BCUT2D eigenvalue weighted by atomic mass is 10.1. The third-order valence-corrected chi connectivity index (χ3v) is 1.64. The van der Waals surface area contributed by atoms with Crippen molar-refractivity contribution in [3.05, 3.63) is 28.8 Å². The van der Waals surface area contributed by atoms with Gasteiger partial charge in [0.05, 0.1) is 0 Å². The Morgan fingerprint density at radius 3 is 1.73 bits per heavy atom. The van der Waals surface area contributed by atoms with Gasteiger partial charge in [-0.2, -0.15) is 9.90 Å². The Kier molecular flexibility index (Phi) is 3.54. The van der Waals surface area contributed by atoms with E-state index in [4.69, 9.17) is 0 Å². The molecule has 0 heterocycles. The number of hydrogen-bond acceptors (Lipinski definition) is 1. The molecule has 0 radical (unpaired) electrons. The lowest BCUT2D eigenvalue weighted by Crippen LogP contribution is -1.81. The Labute approximate surface area is 71.1 Å². The lowest BCUT2D eigenvalue weighted by Gasteiger charge is -2.03. The Morgan fingerprint density at radius 2 is 1.36 bits per heavy atom. The maximum Gasteiger partial charge on any atom is 0.121 e. The smallest absolute Gasteiger partial charge is 0.121 e. The van der Waals surface area contributed by atoms with Crippen LogP contribution in [0, 0.1) is 20.8 Å². The molecular weight excluding hydrogens is 155 g/mol. The fraction of sp³-hybridized carbons (Fsp3) is 0.333. The predicted molar refractivity (Wildman–Crippen MR) is 53.4 cm³/mol. The van der Waals surface area contributed by atoms with Crippen molar-refractivity contribution >= 4 is 9.90 Å². The Hall–Kier alpha value is -0.550. The van der Waals surface area contributed by atoms with Gasteiger partial charge in [0.25, 0.3) is 0 Å². The molecule has 0 aliphatic rings. The van der Waals surface area contributed by atoms with Gasteiger partial charge in [-0.1, -0.05) is 17.7 Å². The van der Waals surface area contributed by atoms with Gasteiger partial charge in [-0.25, -0.2) is 0 Å². The monoisotopic (exact) mass is 170 g/mol. The molecule has 1 nitrogen and oxygen atoms in total. The van der Waals surface area contributed by atoms with E-state index in [1.807, 2.05) is 32.9 Å². The molecule has 0 aliphatic carbocycles. The van der Waals surface area contributed by atoms with Crippen LogP contribution in [0.15, 0.2) is 12.1 Å².